The van der Waals surface area contributed by atoms with Crippen molar-refractivity contribution in [1.82, 2.24) is 36.9 Å². The fourth-order valence-corrected chi connectivity index (χ4v) is 8.37. The smallest absolute Gasteiger partial charge is 0.245 e. The lowest BCUT2D eigenvalue weighted by Gasteiger charge is -2.28. The molecule has 7 amide bonds. The summed E-state index contributed by atoms with van der Waals surface area (Å²) < 4.78 is 0. The van der Waals surface area contributed by atoms with E-state index in [0.29, 0.717) is 25.1 Å². The number of unbranched alkanes of at least 4 members (excludes halogenated alkanes) is 1. The molecular weight excluding hydrogens is 833 g/mol. The van der Waals surface area contributed by atoms with Gasteiger partial charge in [-0.15, -0.1) is 0 Å². The van der Waals surface area contributed by atoms with Crippen LogP contribution in [-0.4, -0.2) is 137 Å². The third-order valence-corrected chi connectivity index (χ3v) is 12.0. The van der Waals surface area contributed by atoms with E-state index in [0.717, 1.165) is 32.5 Å². The van der Waals surface area contributed by atoms with Gasteiger partial charge in [0.1, 0.15) is 30.2 Å². The van der Waals surface area contributed by atoms with Crippen molar-refractivity contribution in [3.63, 3.8) is 0 Å². The summed E-state index contributed by atoms with van der Waals surface area (Å²) in [5.74, 6) is -5.59. The number of rotatable bonds is 12. The SMILES string of the molecule is C[C@H](O)[C@@H]1NC(=O)[C@H](Cc2cc3ccccc3[nH]2)NC(=O)[C@H](CCCN=C(N)N)NC(=O)[C@@H](N)CCNC(=O)[C@@H](N)CSSC[C@@H](C(N)=O)NC(=O)[C@H](CCCCN)NC1=O. The molecule has 1 saturated heterocycles. The number of primary amides is 1. The maximum absolute atomic E-state index is 14.2. The van der Waals surface area contributed by atoms with Gasteiger partial charge in [0.25, 0.3) is 0 Å². The number of nitrogens with zero attached hydrogens (tertiary/aromatic N) is 1. The third-order valence-electron chi connectivity index (χ3n) is 9.52. The highest BCUT2D eigenvalue weighted by molar-refractivity contribution is 8.76. The fraction of sp³-hybridized carbons (Fsp3) is 0.568. The van der Waals surface area contributed by atoms with Gasteiger partial charge in [0, 0.05) is 42.2 Å². The van der Waals surface area contributed by atoms with Gasteiger partial charge in [0.15, 0.2) is 5.96 Å². The molecule has 0 aliphatic carbocycles. The van der Waals surface area contributed by atoms with Crippen LogP contribution in [0.3, 0.4) is 0 Å². The Morgan fingerprint density at radius 1 is 0.787 bits per heavy atom. The number of benzene rings is 1. The van der Waals surface area contributed by atoms with Gasteiger partial charge in [-0.3, -0.25) is 38.6 Å². The van der Waals surface area contributed by atoms with Crippen LogP contribution in [0.5, 0.6) is 0 Å². The van der Waals surface area contributed by atoms with Crippen LogP contribution >= 0.6 is 21.6 Å². The Kier molecular flexibility index (Phi) is 21.1. The number of aliphatic imine (C=N–C) groups is 1. The van der Waals surface area contributed by atoms with E-state index in [2.05, 4.69) is 41.9 Å². The molecule has 22 nitrogen and oxygen atoms in total. The highest BCUT2D eigenvalue weighted by Gasteiger charge is 2.35. The Hall–Kier alpha value is -5.14. The van der Waals surface area contributed by atoms with E-state index in [1.807, 2.05) is 24.3 Å². The lowest BCUT2D eigenvalue weighted by atomic mass is 10.0. The Morgan fingerprint density at radius 2 is 1.41 bits per heavy atom. The maximum Gasteiger partial charge on any atom is 0.245 e. The summed E-state index contributed by atoms with van der Waals surface area (Å²) in [6.45, 7) is 1.63. The minimum Gasteiger partial charge on any atom is -0.391 e. The zero-order valence-electron chi connectivity index (χ0n) is 34.0. The molecule has 0 saturated carbocycles. The van der Waals surface area contributed by atoms with Gasteiger partial charge in [-0.2, -0.15) is 0 Å². The van der Waals surface area contributed by atoms with Crippen LogP contribution in [0, 0.1) is 0 Å². The molecule has 24 heteroatoms. The number of carbonyl (C=O) groups excluding carboxylic acids is 7. The van der Waals surface area contributed by atoms with E-state index in [1.165, 1.54) is 6.92 Å². The Morgan fingerprint density at radius 3 is 2.07 bits per heavy atom. The van der Waals surface area contributed by atoms with E-state index in [4.69, 9.17) is 34.4 Å². The molecule has 2 aromatic rings. The molecule has 1 aliphatic rings. The second kappa shape index (κ2) is 25.6. The number of hydrogen-bond acceptors (Lipinski definition) is 14. The molecule has 1 aliphatic heterocycles. The summed E-state index contributed by atoms with van der Waals surface area (Å²) in [6, 6.07) is 0.181. The molecule has 2 heterocycles. The van der Waals surface area contributed by atoms with Crippen molar-refractivity contribution in [1.29, 1.82) is 0 Å². The number of aliphatic hydroxyl groups excluding tert-OH is 1. The number of aromatic nitrogens is 1. The van der Waals surface area contributed by atoms with E-state index in [1.54, 1.807) is 6.07 Å². The molecular formula is C37H60N14O8S2. The van der Waals surface area contributed by atoms with Crippen LogP contribution in [0.15, 0.2) is 35.3 Å². The standard InChI is InChI=1S/C37H60N14O8S2/c1-19(52)29-36(59)48-25(9-4-5-12-38)34(57)50-28(30(41)53)18-61-60-17-23(40)31(54)44-14-11-22(39)32(55)47-26(10-6-13-45-37(42)43)33(56)49-27(35(58)51-29)16-21-15-20-7-2-3-8-24(20)46-21/h2-3,7-8,15,19,22-23,25-29,46,52H,4-6,9-14,16-18,38-40H2,1H3,(H2,41,53)(H,44,54)(H,47,55)(H,48,59)(H,49,56)(H,50,57)(H,51,58)(H4,42,43,45)/t19-,22-,23-,25-,26-,27-,28-,29-/m0/s1. The third kappa shape index (κ3) is 17.0. The van der Waals surface area contributed by atoms with Crippen molar-refractivity contribution in [2.45, 2.75) is 100 Å². The number of hydrogen-bond donors (Lipinski definition) is 14. The number of carbonyl (C=O) groups is 7. The summed E-state index contributed by atoms with van der Waals surface area (Å²) in [4.78, 5) is 101. The number of amides is 7. The minimum atomic E-state index is -1.64. The zero-order chi connectivity index (χ0) is 45.1. The molecule has 20 N–H and O–H groups in total. The number of aliphatic hydroxyl groups is 1. The summed E-state index contributed by atoms with van der Waals surface area (Å²) >= 11 is 0. The lowest BCUT2D eigenvalue weighted by Crippen LogP contribution is -2.62. The van der Waals surface area contributed by atoms with Gasteiger partial charge in [0.05, 0.1) is 18.2 Å². The van der Waals surface area contributed by atoms with Crippen molar-refractivity contribution in [2.24, 2.45) is 39.4 Å². The molecule has 0 unspecified atom stereocenters. The predicted octanol–water partition coefficient (Wildman–Crippen LogP) is -4.26. The number of guanidine groups is 1. The number of aromatic amines is 1. The maximum atomic E-state index is 14.2. The first-order valence-corrected chi connectivity index (χ1v) is 22.3. The lowest BCUT2D eigenvalue weighted by molar-refractivity contribution is -0.136. The van der Waals surface area contributed by atoms with Crippen LogP contribution in [0.1, 0.15) is 51.1 Å². The van der Waals surface area contributed by atoms with Crippen LogP contribution in [0.2, 0.25) is 0 Å². The minimum absolute atomic E-state index is 0.00594. The first-order valence-electron chi connectivity index (χ1n) is 19.8. The normalized spacial score (nSPS) is 25.3. The van der Waals surface area contributed by atoms with Gasteiger partial charge in [0.2, 0.25) is 41.4 Å². The molecule has 1 fully saturated rings. The zero-order valence-corrected chi connectivity index (χ0v) is 35.7. The van der Waals surface area contributed by atoms with Crippen molar-refractivity contribution in [2.75, 3.05) is 31.1 Å². The Balaban J connectivity index is 2.02. The van der Waals surface area contributed by atoms with Crippen LogP contribution in [0.25, 0.3) is 10.9 Å². The van der Waals surface area contributed by atoms with Gasteiger partial charge >= 0.3 is 0 Å². The Labute approximate surface area is 361 Å². The molecule has 3 rings (SSSR count). The van der Waals surface area contributed by atoms with Gasteiger partial charge in [-0.25, -0.2) is 0 Å². The summed E-state index contributed by atoms with van der Waals surface area (Å²) in [5.41, 5.74) is 35.7. The first kappa shape index (κ1) is 50.2. The highest BCUT2D eigenvalue weighted by atomic mass is 33.1. The van der Waals surface area contributed by atoms with E-state index in [9.17, 15) is 38.7 Å². The molecule has 0 radical (unpaired) electrons. The van der Waals surface area contributed by atoms with E-state index >= 15 is 0 Å². The number of H-pyrrole nitrogens is 1. The monoisotopic (exact) mass is 892 g/mol. The Bertz CT molecular complexity index is 1810. The topological polar surface area (TPSA) is 396 Å². The van der Waals surface area contributed by atoms with Crippen LogP contribution in [-0.2, 0) is 40.0 Å². The molecule has 1 aromatic carbocycles. The molecule has 0 bridgehead atoms. The van der Waals surface area contributed by atoms with Crippen molar-refractivity contribution in [3.05, 3.63) is 36.0 Å². The predicted molar refractivity (Wildman–Crippen MR) is 234 cm³/mol. The quantitative estimate of drug-likeness (QED) is 0.0415. The molecule has 61 heavy (non-hydrogen) atoms. The van der Waals surface area contributed by atoms with E-state index in [-0.39, 0.29) is 62.7 Å². The van der Waals surface area contributed by atoms with Crippen molar-refractivity contribution >= 4 is 79.8 Å². The molecule has 1 aromatic heterocycles. The second-order valence-corrected chi connectivity index (χ2v) is 17.1. The second-order valence-electron chi connectivity index (χ2n) is 14.6. The van der Waals surface area contributed by atoms with Gasteiger partial charge < -0.3 is 76.4 Å². The fourth-order valence-electron chi connectivity index (χ4n) is 6.07. The first-order chi connectivity index (χ1) is 29.0. The molecule has 0 spiro atoms. The summed E-state index contributed by atoms with van der Waals surface area (Å²) in [5, 5.41) is 27.2. The van der Waals surface area contributed by atoms with Crippen molar-refractivity contribution < 1.29 is 38.7 Å². The summed E-state index contributed by atoms with van der Waals surface area (Å²) in [6.07, 6.45) is -0.489. The molecule has 338 valence electrons. The number of nitrogens with one attached hydrogen (secondary N) is 7. The highest BCUT2D eigenvalue weighted by Crippen LogP contribution is 2.23. The number of para-hydroxylation sites is 1. The number of fused-ring (bicyclic) bond motifs is 1. The van der Waals surface area contributed by atoms with Gasteiger partial charge in [-0.05, 0) is 69.5 Å². The van der Waals surface area contributed by atoms with E-state index < -0.39 is 89.7 Å². The molecule has 8 atom stereocenters. The summed E-state index contributed by atoms with van der Waals surface area (Å²) in [7, 11) is 2.28. The van der Waals surface area contributed by atoms with Crippen LogP contribution < -0.4 is 66.3 Å². The van der Waals surface area contributed by atoms with Crippen LogP contribution in [0.4, 0.5) is 0 Å². The number of nitrogens with two attached hydrogens (primary N) is 6. The average molecular weight is 893 g/mol. The van der Waals surface area contributed by atoms with Gasteiger partial charge in [-0.1, -0.05) is 39.8 Å². The average Bonchev–Trinajstić information content (AvgIpc) is 3.62. The largest absolute Gasteiger partial charge is 0.391 e. The van der Waals surface area contributed by atoms with Crippen molar-refractivity contribution in [3.8, 4) is 0 Å².